The largest absolute Gasteiger partial charge is 0.337 e. The van der Waals surface area contributed by atoms with Gasteiger partial charge in [0.15, 0.2) is 0 Å². The van der Waals surface area contributed by atoms with Crippen LogP contribution in [0.1, 0.15) is 31.9 Å². The normalized spacial score (nSPS) is 15.2. The molecule has 3 nitrogen and oxygen atoms in total. The van der Waals surface area contributed by atoms with Crippen LogP contribution in [0.3, 0.4) is 0 Å². The van der Waals surface area contributed by atoms with Gasteiger partial charge in [0.2, 0.25) is 0 Å². The highest BCUT2D eigenvalue weighted by molar-refractivity contribution is 5.74. The fourth-order valence-corrected chi connectivity index (χ4v) is 2.12. The number of fused-ring (bicyclic) bond motifs is 1. The second-order valence-corrected chi connectivity index (χ2v) is 6.16. The first kappa shape index (κ1) is 12.9. The molecule has 0 unspecified atom stereocenters. The third-order valence-corrected chi connectivity index (χ3v) is 3.19. The Balaban J connectivity index is 1.95. The highest BCUT2D eigenvalue weighted by Crippen LogP contribution is 2.18. The molecule has 0 spiro atoms. The maximum Gasteiger partial charge on any atom is 0.317 e. The molecule has 0 fully saturated rings. The Morgan fingerprint density at radius 2 is 1.94 bits per heavy atom. The zero-order valence-corrected chi connectivity index (χ0v) is 11.5. The van der Waals surface area contributed by atoms with Crippen LogP contribution in [0.15, 0.2) is 24.3 Å². The number of benzene rings is 1. The van der Waals surface area contributed by atoms with E-state index in [0.717, 1.165) is 19.5 Å². The summed E-state index contributed by atoms with van der Waals surface area (Å²) in [5, 5.41) is 3.01. The lowest BCUT2D eigenvalue weighted by atomic mass is 9.97. The van der Waals surface area contributed by atoms with Crippen molar-refractivity contribution >= 4 is 6.03 Å². The van der Waals surface area contributed by atoms with Crippen LogP contribution in [-0.2, 0) is 13.0 Å². The summed E-state index contributed by atoms with van der Waals surface area (Å²) >= 11 is 0. The second-order valence-electron chi connectivity index (χ2n) is 6.16. The first-order chi connectivity index (χ1) is 8.46. The van der Waals surface area contributed by atoms with Crippen molar-refractivity contribution < 1.29 is 4.79 Å². The van der Waals surface area contributed by atoms with Gasteiger partial charge in [0.25, 0.3) is 0 Å². The minimum atomic E-state index is 0.0550. The summed E-state index contributed by atoms with van der Waals surface area (Å²) in [6.45, 7) is 8.62. The Hall–Kier alpha value is -1.51. The van der Waals surface area contributed by atoms with Crippen LogP contribution >= 0.6 is 0 Å². The quantitative estimate of drug-likeness (QED) is 0.812. The van der Waals surface area contributed by atoms with E-state index in [1.165, 1.54) is 11.1 Å². The third kappa shape index (κ3) is 3.25. The average molecular weight is 246 g/mol. The van der Waals surface area contributed by atoms with Crippen LogP contribution in [0.25, 0.3) is 0 Å². The predicted molar refractivity (Wildman–Crippen MR) is 73.4 cm³/mol. The third-order valence-electron chi connectivity index (χ3n) is 3.19. The van der Waals surface area contributed by atoms with E-state index in [1.54, 1.807) is 0 Å². The molecule has 0 saturated carbocycles. The first-order valence-electron chi connectivity index (χ1n) is 6.55. The molecular weight excluding hydrogens is 224 g/mol. The molecule has 3 heteroatoms. The number of rotatable bonds is 1. The topological polar surface area (TPSA) is 32.3 Å². The molecule has 0 atom stereocenters. The smallest absolute Gasteiger partial charge is 0.317 e. The van der Waals surface area contributed by atoms with Gasteiger partial charge >= 0.3 is 6.03 Å². The zero-order valence-electron chi connectivity index (χ0n) is 11.5. The van der Waals surface area contributed by atoms with E-state index in [9.17, 15) is 4.79 Å². The highest BCUT2D eigenvalue weighted by atomic mass is 16.2. The monoisotopic (exact) mass is 246 g/mol. The summed E-state index contributed by atoms with van der Waals surface area (Å²) in [5.74, 6) is 0. The lowest BCUT2D eigenvalue weighted by Crippen LogP contribution is -2.45. The van der Waals surface area contributed by atoms with Crippen molar-refractivity contribution in [3.05, 3.63) is 35.4 Å². The Kier molecular flexibility index (Phi) is 3.60. The summed E-state index contributed by atoms with van der Waals surface area (Å²) in [7, 11) is 0. The molecule has 0 saturated heterocycles. The molecule has 0 aromatic heterocycles. The first-order valence-corrected chi connectivity index (χ1v) is 6.55. The second kappa shape index (κ2) is 5.01. The summed E-state index contributed by atoms with van der Waals surface area (Å²) in [6, 6.07) is 8.42. The van der Waals surface area contributed by atoms with Crippen LogP contribution in [0.4, 0.5) is 4.79 Å². The van der Waals surface area contributed by atoms with Gasteiger partial charge in [-0.3, -0.25) is 0 Å². The molecule has 0 radical (unpaired) electrons. The van der Waals surface area contributed by atoms with Crippen LogP contribution in [0.2, 0.25) is 0 Å². The summed E-state index contributed by atoms with van der Waals surface area (Å²) in [4.78, 5) is 14.0. The van der Waals surface area contributed by atoms with Gasteiger partial charge < -0.3 is 10.2 Å². The number of nitrogens with zero attached hydrogens (tertiary/aromatic N) is 1. The van der Waals surface area contributed by atoms with E-state index < -0.39 is 0 Å². The fraction of sp³-hybridized carbons (Fsp3) is 0.533. The molecular formula is C15H22N2O. The highest BCUT2D eigenvalue weighted by Gasteiger charge is 2.21. The zero-order chi connectivity index (χ0) is 13.2. The molecule has 2 amide bonds. The van der Waals surface area contributed by atoms with Crippen LogP contribution in [0.5, 0.6) is 0 Å². The lowest BCUT2D eigenvalue weighted by Gasteiger charge is -2.30. The van der Waals surface area contributed by atoms with Gasteiger partial charge in [-0.2, -0.15) is 0 Å². The predicted octanol–water partition coefficient (Wildman–Crippen LogP) is 2.80. The van der Waals surface area contributed by atoms with Gasteiger partial charge in [0.1, 0.15) is 0 Å². The van der Waals surface area contributed by atoms with Crippen LogP contribution in [0, 0.1) is 5.41 Å². The van der Waals surface area contributed by atoms with Crippen molar-refractivity contribution in [3.8, 4) is 0 Å². The van der Waals surface area contributed by atoms with Gasteiger partial charge in [-0.05, 0) is 23.0 Å². The minimum absolute atomic E-state index is 0.0550. The van der Waals surface area contributed by atoms with Crippen molar-refractivity contribution in [2.45, 2.75) is 33.7 Å². The van der Waals surface area contributed by atoms with Crippen molar-refractivity contribution in [1.82, 2.24) is 10.2 Å². The lowest BCUT2D eigenvalue weighted by molar-refractivity contribution is 0.187. The number of hydrogen-bond donors (Lipinski definition) is 1. The van der Waals surface area contributed by atoms with E-state index in [4.69, 9.17) is 0 Å². The molecule has 1 heterocycles. The molecule has 18 heavy (non-hydrogen) atoms. The van der Waals surface area contributed by atoms with Gasteiger partial charge in [-0.15, -0.1) is 0 Å². The molecule has 1 aliphatic rings. The van der Waals surface area contributed by atoms with Gasteiger partial charge in [-0.1, -0.05) is 45.0 Å². The Morgan fingerprint density at radius 3 is 2.61 bits per heavy atom. The molecule has 98 valence electrons. The number of nitrogens with one attached hydrogen (secondary N) is 1. The van der Waals surface area contributed by atoms with Crippen molar-refractivity contribution in [2.75, 3.05) is 13.1 Å². The maximum absolute atomic E-state index is 12.1. The average Bonchev–Trinajstić information content (AvgIpc) is 2.34. The van der Waals surface area contributed by atoms with Crippen molar-refractivity contribution in [2.24, 2.45) is 5.41 Å². The molecule has 0 aliphatic carbocycles. The van der Waals surface area contributed by atoms with E-state index >= 15 is 0 Å². The maximum atomic E-state index is 12.1. The van der Waals surface area contributed by atoms with Gasteiger partial charge in [0, 0.05) is 19.6 Å². The summed E-state index contributed by atoms with van der Waals surface area (Å²) < 4.78 is 0. The van der Waals surface area contributed by atoms with Crippen molar-refractivity contribution in [3.63, 3.8) is 0 Å². The SMILES string of the molecule is CC(C)(C)CNC(=O)N1CCc2ccccc2C1. The number of carbonyl (C=O) groups excluding carboxylic acids is 1. The molecule has 0 bridgehead atoms. The molecule has 1 aromatic rings. The Morgan fingerprint density at radius 1 is 1.28 bits per heavy atom. The number of urea groups is 1. The van der Waals surface area contributed by atoms with Crippen LogP contribution < -0.4 is 5.32 Å². The number of amides is 2. The van der Waals surface area contributed by atoms with E-state index in [1.807, 2.05) is 11.0 Å². The fourth-order valence-electron chi connectivity index (χ4n) is 2.12. The van der Waals surface area contributed by atoms with Crippen LogP contribution in [-0.4, -0.2) is 24.0 Å². The molecule has 1 aliphatic heterocycles. The van der Waals surface area contributed by atoms with Crippen molar-refractivity contribution in [1.29, 1.82) is 0 Å². The molecule has 2 rings (SSSR count). The number of carbonyl (C=O) groups is 1. The van der Waals surface area contributed by atoms with E-state index in [0.29, 0.717) is 6.54 Å². The Labute approximate surface area is 109 Å². The minimum Gasteiger partial charge on any atom is -0.337 e. The molecule has 1 N–H and O–H groups in total. The van der Waals surface area contributed by atoms with E-state index in [2.05, 4.69) is 44.3 Å². The van der Waals surface area contributed by atoms with E-state index in [-0.39, 0.29) is 11.4 Å². The molecule has 1 aromatic carbocycles. The number of hydrogen-bond acceptors (Lipinski definition) is 1. The van der Waals surface area contributed by atoms with Gasteiger partial charge in [0.05, 0.1) is 0 Å². The van der Waals surface area contributed by atoms with Gasteiger partial charge in [-0.25, -0.2) is 4.79 Å². The summed E-state index contributed by atoms with van der Waals surface area (Å²) in [6.07, 6.45) is 0.957. The Bertz CT molecular complexity index is 434. The summed E-state index contributed by atoms with van der Waals surface area (Å²) in [5.41, 5.74) is 2.77. The standard InChI is InChI=1S/C15H22N2O/c1-15(2,3)11-16-14(18)17-9-8-12-6-4-5-7-13(12)10-17/h4-7H,8-11H2,1-3H3,(H,16,18).